The van der Waals surface area contributed by atoms with Crippen molar-refractivity contribution in [2.24, 2.45) is 0 Å². The van der Waals surface area contributed by atoms with Crippen LogP contribution < -0.4 is 16.6 Å². The number of nitrogens with one attached hydrogen (secondary N) is 2. The number of ether oxygens (including phenoxy) is 1. The van der Waals surface area contributed by atoms with Gasteiger partial charge in [0.05, 0.1) is 18.3 Å². The molecule has 1 aromatic heterocycles. The Bertz CT molecular complexity index is 785. The first-order chi connectivity index (χ1) is 13.5. The van der Waals surface area contributed by atoms with Crippen LogP contribution in [0.3, 0.4) is 0 Å². The molecule has 1 aliphatic rings. The van der Waals surface area contributed by atoms with Gasteiger partial charge in [-0.3, -0.25) is 19.1 Å². The van der Waals surface area contributed by atoms with Crippen molar-refractivity contribution in [2.45, 2.75) is 63.9 Å². The molecule has 28 heavy (non-hydrogen) atoms. The van der Waals surface area contributed by atoms with E-state index in [0.717, 1.165) is 25.7 Å². The number of hydrogen-bond donors (Lipinski definition) is 4. The predicted molar refractivity (Wildman–Crippen MR) is 104 cm³/mol. The summed E-state index contributed by atoms with van der Waals surface area (Å²) in [7, 11) is 0. The van der Waals surface area contributed by atoms with E-state index in [2.05, 4.69) is 17.2 Å². The first-order valence-electron chi connectivity index (χ1n) is 9.69. The number of carbonyl (C=O) groups excluding carboxylic acids is 1. The van der Waals surface area contributed by atoms with Gasteiger partial charge < -0.3 is 20.3 Å². The van der Waals surface area contributed by atoms with Crippen LogP contribution in [0.5, 0.6) is 0 Å². The van der Waals surface area contributed by atoms with E-state index in [9.17, 15) is 19.5 Å². The summed E-state index contributed by atoms with van der Waals surface area (Å²) in [5, 5.41) is 21.7. The number of rotatable bonds is 10. The van der Waals surface area contributed by atoms with Gasteiger partial charge in [0.2, 0.25) is 5.91 Å². The molecule has 1 aliphatic heterocycles. The average Bonchev–Trinajstić information content (AvgIpc) is 3.04. The number of aromatic amines is 1. The molecule has 1 saturated heterocycles. The Morgan fingerprint density at radius 3 is 2.86 bits per heavy atom. The van der Waals surface area contributed by atoms with Gasteiger partial charge in [-0.1, -0.05) is 38.3 Å². The second-order valence-corrected chi connectivity index (χ2v) is 6.88. The molecule has 1 aromatic rings. The zero-order valence-electron chi connectivity index (χ0n) is 16.1. The maximum Gasteiger partial charge on any atom is 0.330 e. The molecule has 2 heterocycles. The molecule has 1 amide bonds. The van der Waals surface area contributed by atoms with Crippen molar-refractivity contribution in [1.29, 1.82) is 0 Å². The number of aromatic nitrogens is 2. The van der Waals surface area contributed by atoms with Crippen LogP contribution in [0.4, 0.5) is 0 Å². The molecule has 9 heteroatoms. The zero-order chi connectivity index (χ0) is 20.5. The Morgan fingerprint density at radius 1 is 1.39 bits per heavy atom. The summed E-state index contributed by atoms with van der Waals surface area (Å²) in [4.78, 5) is 38.0. The Hall–Kier alpha value is -2.23. The van der Waals surface area contributed by atoms with E-state index in [1.165, 1.54) is 16.8 Å². The lowest BCUT2D eigenvalue weighted by Crippen LogP contribution is -2.33. The molecule has 0 unspecified atom stereocenters. The largest absolute Gasteiger partial charge is 0.394 e. The molecule has 0 saturated carbocycles. The number of hydrogen-bond acceptors (Lipinski definition) is 6. The Kier molecular flexibility index (Phi) is 8.62. The lowest BCUT2D eigenvalue weighted by Gasteiger charge is -2.14. The van der Waals surface area contributed by atoms with Gasteiger partial charge in [0.1, 0.15) is 12.3 Å². The molecule has 2 rings (SSSR count). The molecule has 0 aliphatic carbocycles. The summed E-state index contributed by atoms with van der Waals surface area (Å²) in [6.07, 6.45) is 6.80. The third-order valence-electron chi connectivity index (χ3n) is 4.66. The molecule has 1 fully saturated rings. The van der Waals surface area contributed by atoms with Crippen LogP contribution in [-0.2, 0) is 9.53 Å². The summed E-state index contributed by atoms with van der Waals surface area (Å²) in [5.41, 5.74) is -0.985. The van der Waals surface area contributed by atoms with E-state index in [1.54, 1.807) is 6.08 Å². The maximum absolute atomic E-state index is 12.0. The van der Waals surface area contributed by atoms with Crippen LogP contribution in [0, 0.1) is 0 Å². The van der Waals surface area contributed by atoms with Gasteiger partial charge in [-0.25, -0.2) is 4.79 Å². The lowest BCUT2D eigenvalue weighted by atomic mass is 10.1. The maximum atomic E-state index is 12.0. The highest BCUT2D eigenvalue weighted by molar-refractivity contribution is 5.76. The molecular weight excluding hydrogens is 366 g/mol. The summed E-state index contributed by atoms with van der Waals surface area (Å²) in [6.45, 7) is 2.03. The number of amides is 1. The second-order valence-electron chi connectivity index (χ2n) is 6.88. The molecule has 0 bridgehead atoms. The normalized spacial score (nSPS) is 22.0. The van der Waals surface area contributed by atoms with Crippen molar-refractivity contribution in [2.75, 3.05) is 13.2 Å². The Morgan fingerprint density at radius 2 is 2.18 bits per heavy atom. The number of nitrogens with zero attached hydrogens (tertiary/aromatic N) is 1. The van der Waals surface area contributed by atoms with Crippen molar-refractivity contribution in [1.82, 2.24) is 14.9 Å². The Balaban J connectivity index is 1.95. The molecule has 4 N–H and O–H groups in total. The van der Waals surface area contributed by atoms with E-state index < -0.39 is 29.7 Å². The van der Waals surface area contributed by atoms with E-state index in [0.29, 0.717) is 6.42 Å². The van der Waals surface area contributed by atoms with Crippen LogP contribution in [0.15, 0.2) is 21.9 Å². The molecular formula is C19H29N3O6. The number of H-pyrrole nitrogens is 1. The minimum Gasteiger partial charge on any atom is -0.394 e. The van der Waals surface area contributed by atoms with Crippen molar-refractivity contribution in [3.63, 3.8) is 0 Å². The van der Waals surface area contributed by atoms with E-state index in [-0.39, 0.29) is 31.0 Å². The van der Waals surface area contributed by atoms with Gasteiger partial charge in [0.15, 0.2) is 0 Å². The topological polar surface area (TPSA) is 134 Å². The van der Waals surface area contributed by atoms with E-state index >= 15 is 0 Å². The van der Waals surface area contributed by atoms with Gasteiger partial charge in [0.25, 0.3) is 5.56 Å². The number of aliphatic hydroxyl groups is 2. The van der Waals surface area contributed by atoms with E-state index in [4.69, 9.17) is 9.84 Å². The standard InChI is InChI=1S/C19H29N3O6/c1-2-3-4-5-8-16(25)20-9-6-7-13-11-22(19(27)21-18(13)26)17-10-14(24)15(12-23)28-17/h6-7,11,14-15,17,23-24H,2-5,8-10,12H2,1H3,(H,20,25)(H,21,26,27)/b7-6+/t14-,15-,17-/m1/s1. The van der Waals surface area contributed by atoms with Gasteiger partial charge in [-0.2, -0.15) is 0 Å². The summed E-state index contributed by atoms with van der Waals surface area (Å²) in [6, 6.07) is 0. The fourth-order valence-electron chi connectivity index (χ4n) is 3.04. The molecule has 0 aromatic carbocycles. The van der Waals surface area contributed by atoms with E-state index in [1.807, 2.05) is 0 Å². The fraction of sp³-hybridized carbons (Fsp3) is 0.632. The third kappa shape index (κ3) is 6.15. The molecule has 9 nitrogen and oxygen atoms in total. The quantitative estimate of drug-likeness (QED) is 0.421. The average molecular weight is 395 g/mol. The fourth-order valence-corrected chi connectivity index (χ4v) is 3.04. The monoisotopic (exact) mass is 395 g/mol. The van der Waals surface area contributed by atoms with Gasteiger partial charge >= 0.3 is 5.69 Å². The first kappa shape index (κ1) is 22.1. The highest BCUT2D eigenvalue weighted by Crippen LogP contribution is 2.27. The zero-order valence-corrected chi connectivity index (χ0v) is 16.1. The third-order valence-corrected chi connectivity index (χ3v) is 4.66. The first-order valence-corrected chi connectivity index (χ1v) is 9.69. The highest BCUT2D eigenvalue weighted by atomic mass is 16.5. The molecule has 0 radical (unpaired) electrons. The van der Waals surface area contributed by atoms with Crippen LogP contribution in [-0.4, -0.2) is 51.0 Å². The number of carbonyl (C=O) groups is 1. The van der Waals surface area contributed by atoms with Crippen LogP contribution in [0.1, 0.15) is 57.2 Å². The molecule has 3 atom stereocenters. The van der Waals surface area contributed by atoms with Crippen molar-refractivity contribution in [3.8, 4) is 0 Å². The summed E-state index contributed by atoms with van der Waals surface area (Å²) >= 11 is 0. The SMILES string of the molecule is CCCCCCC(=O)NC/C=C/c1cn([C@H]2C[C@@H](O)[C@@H](CO)O2)c(=O)[nH]c1=O. The minimum atomic E-state index is -0.889. The summed E-state index contributed by atoms with van der Waals surface area (Å²) < 4.78 is 6.64. The highest BCUT2D eigenvalue weighted by Gasteiger charge is 2.35. The number of aliphatic hydroxyl groups excluding tert-OH is 2. The van der Waals surface area contributed by atoms with Crippen molar-refractivity contribution in [3.05, 3.63) is 38.7 Å². The van der Waals surface area contributed by atoms with Gasteiger partial charge in [-0.15, -0.1) is 0 Å². The van der Waals surface area contributed by atoms with Crippen molar-refractivity contribution < 1.29 is 19.7 Å². The smallest absolute Gasteiger partial charge is 0.330 e. The minimum absolute atomic E-state index is 0.0389. The van der Waals surface area contributed by atoms with Crippen LogP contribution in [0.2, 0.25) is 0 Å². The van der Waals surface area contributed by atoms with Crippen LogP contribution in [0.25, 0.3) is 6.08 Å². The predicted octanol–water partition coefficient (Wildman–Crippen LogP) is 0.277. The molecule has 156 valence electrons. The van der Waals surface area contributed by atoms with Gasteiger partial charge in [-0.05, 0) is 6.42 Å². The van der Waals surface area contributed by atoms with Crippen LogP contribution >= 0.6 is 0 Å². The second kappa shape index (κ2) is 10.9. The summed E-state index contributed by atoms with van der Waals surface area (Å²) in [5.74, 6) is -0.0389. The van der Waals surface area contributed by atoms with Gasteiger partial charge in [0, 0.05) is 25.6 Å². The lowest BCUT2D eigenvalue weighted by molar-refractivity contribution is -0.121. The Labute approximate surface area is 163 Å². The number of unbranched alkanes of at least 4 members (excludes halogenated alkanes) is 3. The molecule has 0 spiro atoms. The van der Waals surface area contributed by atoms with Crippen molar-refractivity contribution >= 4 is 12.0 Å².